The van der Waals surface area contributed by atoms with Crippen molar-refractivity contribution < 1.29 is 14.7 Å². The van der Waals surface area contributed by atoms with Crippen molar-refractivity contribution in [3.05, 3.63) is 35.9 Å². The highest BCUT2D eigenvalue weighted by Gasteiger charge is 2.19. The molecule has 18 heavy (non-hydrogen) atoms. The van der Waals surface area contributed by atoms with E-state index in [-0.39, 0.29) is 12.3 Å². The number of carboxylic acids is 1. The van der Waals surface area contributed by atoms with Gasteiger partial charge in [0.25, 0.3) is 0 Å². The van der Waals surface area contributed by atoms with Gasteiger partial charge in [-0.15, -0.1) is 0 Å². The van der Waals surface area contributed by atoms with Crippen molar-refractivity contribution in [3.8, 4) is 0 Å². The highest BCUT2D eigenvalue weighted by atomic mass is 32.2. The van der Waals surface area contributed by atoms with Gasteiger partial charge >= 0.3 is 5.97 Å². The molecular weight excluding hydrogens is 250 g/mol. The van der Waals surface area contributed by atoms with Crippen LogP contribution in [0.15, 0.2) is 30.3 Å². The molecule has 1 rings (SSSR count). The van der Waals surface area contributed by atoms with Crippen LogP contribution in [0.25, 0.3) is 0 Å². The maximum atomic E-state index is 11.7. The number of carboxylic acid groups (broad SMARTS) is 1. The van der Waals surface area contributed by atoms with Gasteiger partial charge in [-0.3, -0.25) is 4.79 Å². The minimum atomic E-state index is -0.989. The Bertz CT molecular complexity index is 394. The monoisotopic (exact) mass is 267 g/mol. The number of thioether (sulfide) groups is 1. The van der Waals surface area contributed by atoms with Crippen molar-refractivity contribution in [1.82, 2.24) is 5.32 Å². The summed E-state index contributed by atoms with van der Waals surface area (Å²) in [5.74, 6) is -0.0206. The van der Waals surface area contributed by atoms with Gasteiger partial charge < -0.3 is 10.4 Å². The lowest BCUT2D eigenvalue weighted by molar-refractivity contribution is -0.141. The lowest BCUT2D eigenvalue weighted by atomic mass is 10.1. The van der Waals surface area contributed by atoms with Crippen LogP contribution >= 0.6 is 11.8 Å². The quantitative estimate of drug-likeness (QED) is 0.786. The molecule has 1 aromatic rings. The van der Waals surface area contributed by atoms with Gasteiger partial charge in [0.15, 0.2) is 0 Å². The molecule has 0 saturated heterocycles. The third-order valence-corrected chi connectivity index (χ3v) is 3.31. The largest absolute Gasteiger partial charge is 0.480 e. The molecule has 1 aromatic carbocycles. The first-order chi connectivity index (χ1) is 8.63. The van der Waals surface area contributed by atoms with Crippen molar-refractivity contribution in [2.45, 2.75) is 19.4 Å². The minimum Gasteiger partial charge on any atom is -0.480 e. The van der Waals surface area contributed by atoms with E-state index in [4.69, 9.17) is 5.11 Å². The van der Waals surface area contributed by atoms with Crippen LogP contribution in [0.1, 0.15) is 12.5 Å². The van der Waals surface area contributed by atoms with E-state index in [0.29, 0.717) is 5.75 Å². The predicted octanol–water partition coefficient (Wildman–Crippen LogP) is 1.55. The molecular formula is C13H17NO3S. The van der Waals surface area contributed by atoms with Crippen LogP contribution in [0.3, 0.4) is 0 Å². The third kappa shape index (κ3) is 5.23. The molecule has 5 heteroatoms. The zero-order valence-corrected chi connectivity index (χ0v) is 11.1. The number of hydrogen-bond acceptors (Lipinski definition) is 3. The van der Waals surface area contributed by atoms with Crippen LogP contribution in [-0.2, 0) is 16.0 Å². The summed E-state index contributed by atoms with van der Waals surface area (Å²) >= 11 is 1.50. The number of carbonyl (C=O) groups excluding carboxylic acids is 1. The second-order valence-corrected chi connectivity index (χ2v) is 5.10. The first kappa shape index (κ1) is 14.6. The maximum absolute atomic E-state index is 11.7. The van der Waals surface area contributed by atoms with Crippen molar-refractivity contribution in [2.24, 2.45) is 0 Å². The summed E-state index contributed by atoms with van der Waals surface area (Å²) in [5, 5.41) is 11.5. The Kier molecular flexibility index (Phi) is 6.28. The lowest BCUT2D eigenvalue weighted by Crippen LogP contribution is -2.43. The van der Waals surface area contributed by atoms with Gasteiger partial charge in [-0.1, -0.05) is 37.3 Å². The van der Waals surface area contributed by atoms with Crippen molar-refractivity contribution in [2.75, 3.05) is 11.5 Å². The van der Waals surface area contributed by atoms with E-state index >= 15 is 0 Å². The molecule has 0 fully saturated rings. The van der Waals surface area contributed by atoms with Gasteiger partial charge in [0.2, 0.25) is 5.91 Å². The molecule has 1 amide bonds. The molecule has 0 aliphatic carbocycles. The molecule has 0 bridgehead atoms. The van der Waals surface area contributed by atoms with E-state index in [1.165, 1.54) is 11.8 Å². The lowest BCUT2D eigenvalue weighted by Gasteiger charge is -2.13. The first-order valence-electron chi connectivity index (χ1n) is 5.77. The fraction of sp³-hybridized carbons (Fsp3) is 0.385. The topological polar surface area (TPSA) is 66.4 Å². The predicted molar refractivity (Wildman–Crippen MR) is 72.7 cm³/mol. The van der Waals surface area contributed by atoms with Gasteiger partial charge in [0, 0.05) is 5.75 Å². The molecule has 0 aliphatic heterocycles. The molecule has 0 saturated carbocycles. The first-order valence-corrected chi connectivity index (χ1v) is 6.92. The van der Waals surface area contributed by atoms with Crippen molar-refractivity contribution >= 4 is 23.6 Å². The second-order valence-electron chi connectivity index (χ2n) is 3.78. The van der Waals surface area contributed by atoms with E-state index in [2.05, 4.69) is 5.32 Å². The molecule has 0 unspecified atom stereocenters. The number of carbonyl (C=O) groups is 2. The molecule has 0 radical (unpaired) electrons. The van der Waals surface area contributed by atoms with Crippen molar-refractivity contribution in [3.63, 3.8) is 0 Å². The van der Waals surface area contributed by atoms with Crippen LogP contribution in [-0.4, -0.2) is 34.5 Å². The van der Waals surface area contributed by atoms with E-state index in [1.807, 2.05) is 37.3 Å². The summed E-state index contributed by atoms with van der Waals surface area (Å²) in [7, 11) is 0. The molecule has 0 heterocycles. The molecule has 0 aliphatic rings. The van der Waals surface area contributed by atoms with Crippen LogP contribution in [0.5, 0.6) is 0 Å². The third-order valence-electron chi connectivity index (χ3n) is 2.33. The van der Waals surface area contributed by atoms with Crippen LogP contribution in [0, 0.1) is 0 Å². The summed E-state index contributed by atoms with van der Waals surface area (Å²) < 4.78 is 0. The SMILES string of the molecule is CCSC[C@H](NC(=O)Cc1ccccc1)C(=O)O. The Morgan fingerprint density at radius 1 is 1.33 bits per heavy atom. The Balaban J connectivity index is 2.48. The Morgan fingerprint density at radius 2 is 2.00 bits per heavy atom. The van der Waals surface area contributed by atoms with Gasteiger partial charge in [0.05, 0.1) is 6.42 Å². The summed E-state index contributed by atoms with van der Waals surface area (Å²) in [5.41, 5.74) is 0.877. The molecule has 2 N–H and O–H groups in total. The Morgan fingerprint density at radius 3 is 2.56 bits per heavy atom. The summed E-state index contributed by atoms with van der Waals surface area (Å²) in [6.45, 7) is 1.95. The van der Waals surface area contributed by atoms with Crippen molar-refractivity contribution in [1.29, 1.82) is 0 Å². The number of nitrogens with one attached hydrogen (secondary N) is 1. The van der Waals surface area contributed by atoms with E-state index in [1.54, 1.807) is 0 Å². The molecule has 0 aromatic heterocycles. The summed E-state index contributed by atoms with van der Waals surface area (Å²) in [6.07, 6.45) is 0.210. The summed E-state index contributed by atoms with van der Waals surface area (Å²) in [6, 6.07) is 8.45. The maximum Gasteiger partial charge on any atom is 0.327 e. The van der Waals surface area contributed by atoms with Crippen LogP contribution in [0.2, 0.25) is 0 Å². The normalized spacial score (nSPS) is 11.8. The average Bonchev–Trinajstić information content (AvgIpc) is 2.35. The van der Waals surface area contributed by atoms with Gasteiger partial charge in [-0.25, -0.2) is 4.79 Å². The smallest absolute Gasteiger partial charge is 0.327 e. The molecule has 4 nitrogen and oxygen atoms in total. The highest BCUT2D eigenvalue weighted by Crippen LogP contribution is 2.04. The molecule has 0 spiro atoms. The Hall–Kier alpha value is -1.49. The fourth-order valence-electron chi connectivity index (χ4n) is 1.44. The number of hydrogen-bond donors (Lipinski definition) is 2. The average molecular weight is 267 g/mol. The highest BCUT2D eigenvalue weighted by molar-refractivity contribution is 7.99. The van der Waals surface area contributed by atoms with E-state index < -0.39 is 12.0 Å². The zero-order valence-electron chi connectivity index (χ0n) is 10.3. The Labute approximate surface area is 111 Å². The summed E-state index contributed by atoms with van der Waals surface area (Å²) in [4.78, 5) is 22.7. The van der Waals surface area contributed by atoms with Crippen LogP contribution < -0.4 is 5.32 Å². The van der Waals surface area contributed by atoms with Gasteiger partial charge in [-0.2, -0.15) is 11.8 Å². The number of amides is 1. The van der Waals surface area contributed by atoms with Gasteiger partial charge in [0.1, 0.15) is 6.04 Å². The minimum absolute atomic E-state index is 0.210. The van der Waals surface area contributed by atoms with Crippen LogP contribution in [0.4, 0.5) is 0 Å². The fourth-order valence-corrected chi connectivity index (χ4v) is 2.13. The second kappa shape index (κ2) is 7.76. The standard InChI is InChI=1S/C13H17NO3S/c1-2-18-9-11(13(16)17)14-12(15)8-10-6-4-3-5-7-10/h3-7,11H,2,8-9H2,1H3,(H,14,15)(H,16,17)/t11-/m0/s1. The van der Waals surface area contributed by atoms with E-state index in [0.717, 1.165) is 11.3 Å². The zero-order chi connectivity index (χ0) is 13.4. The van der Waals surface area contributed by atoms with Gasteiger partial charge in [-0.05, 0) is 11.3 Å². The number of rotatable bonds is 7. The number of aliphatic carboxylic acids is 1. The molecule has 98 valence electrons. The molecule has 1 atom stereocenters. The number of benzene rings is 1. The van der Waals surface area contributed by atoms with E-state index in [9.17, 15) is 9.59 Å².